The molecule has 0 radical (unpaired) electrons. The van der Waals surface area contributed by atoms with E-state index in [1.165, 1.54) is 11.3 Å². The number of nitrogens with two attached hydrogens (primary N) is 1. The molecule has 2 rings (SSSR count). The highest BCUT2D eigenvalue weighted by atomic mass is 79.9. The smallest absolute Gasteiger partial charge is 0.0411 e. The van der Waals surface area contributed by atoms with E-state index in [9.17, 15) is 0 Å². The Bertz CT molecular complexity index is 408. The average Bonchev–Trinajstić information content (AvgIpc) is 2.35. The molecule has 1 aromatic rings. The van der Waals surface area contributed by atoms with Crippen molar-refractivity contribution in [1.29, 1.82) is 0 Å². The molecule has 1 unspecified atom stereocenters. The van der Waals surface area contributed by atoms with Crippen LogP contribution in [0, 0.1) is 0 Å². The number of halogens is 1. The highest BCUT2D eigenvalue weighted by molar-refractivity contribution is 9.10. The molecule has 1 aromatic carbocycles. The molecule has 0 bridgehead atoms. The van der Waals surface area contributed by atoms with Crippen LogP contribution in [0.4, 0.5) is 5.69 Å². The third kappa shape index (κ3) is 3.05. The summed E-state index contributed by atoms with van der Waals surface area (Å²) in [6.45, 7) is 6.29. The fourth-order valence-corrected chi connectivity index (χ4v) is 2.81. The summed E-state index contributed by atoms with van der Waals surface area (Å²) in [6, 6.07) is 7.12. The second-order valence-corrected chi connectivity index (χ2v) is 6.00. The number of benzene rings is 1. The number of hydrogen-bond donors (Lipinski definition) is 1. The molecule has 18 heavy (non-hydrogen) atoms. The van der Waals surface area contributed by atoms with Crippen molar-refractivity contribution in [3.05, 3.63) is 28.2 Å². The van der Waals surface area contributed by atoms with Gasteiger partial charge >= 0.3 is 0 Å². The number of rotatable bonds is 3. The standard InChI is InChI=1S/C14H22BrN3/c1-11-10-18(8-7-17(11)2)14-9-13(15)4-3-12(14)5-6-16/h3-4,9,11H,5-8,10,16H2,1-2H3. The molecule has 1 heterocycles. The quantitative estimate of drug-likeness (QED) is 0.928. The first-order valence-electron chi connectivity index (χ1n) is 6.55. The average molecular weight is 312 g/mol. The Hall–Kier alpha value is -0.580. The van der Waals surface area contributed by atoms with Crippen LogP contribution in [0.3, 0.4) is 0 Å². The minimum Gasteiger partial charge on any atom is -0.368 e. The third-order valence-electron chi connectivity index (χ3n) is 3.76. The second kappa shape index (κ2) is 6.04. The molecule has 2 N–H and O–H groups in total. The first-order chi connectivity index (χ1) is 8.61. The van der Waals surface area contributed by atoms with E-state index >= 15 is 0 Å². The van der Waals surface area contributed by atoms with Crippen LogP contribution in [0.15, 0.2) is 22.7 Å². The number of piperazine rings is 1. The summed E-state index contributed by atoms with van der Waals surface area (Å²) in [7, 11) is 2.20. The molecule has 1 aliphatic heterocycles. The summed E-state index contributed by atoms with van der Waals surface area (Å²) >= 11 is 3.57. The summed E-state index contributed by atoms with van der Waals surface area (Å²) < 4.78 is 1.14. The summed E-state index contributed by atoms with van der Waals surface area (Å²) in [4.78, 5) is 4.90. The van der Waals surface area contributed by atoms with Crippen molar-refractivity contribution in [1.82, 2.24) is 4.90 Å². The fraction of sp³-hybridized carbons (Fsp3) is 0.571. The lowest BCUT2D eigenvalue weighted by Crippen LogP contribution is -2.50. The van der Waals surface area contributed by atoms with Gasteiger partial charge in [-0.25, -0.2) is 0 Å². The van der Waals surface area contributed by atoms with Crippen molar-refractivity contribution in [3.63, 3.8) is 0 Å². The predicted molar refractivity (Wildman–Crippen MR) is 81.2 cm³/mol. The molecule has 1 aliphatic rings. The SMILES string of the molecule is CC1CN(c2cc(Br)ccc2CCN)CCN1C. The normalized spacial score (nSPS) is 21.3. The first kappa shape index (κ1) is 13.8. The fourth-order valence-electron chi connectivity index (χ4n) is 2.47. The second-order valence-electron chi connectivity index (χ2n) is 5.09. The van der Waals surface area contributed by atoms with E-state index in [1.54, 1.807) is 0 Å². The molecule has 0 aromatic heterocycles. The topological polar surface area (TPSA) is 32.5 Å². The zero-order valence-electron chi connectivity index (χ0n) is 11.2. The predicted octanol–water partition coefficient (Wildman–Crippen LogP) is 2.09. The summed E-state index contributed by atoms with van der Waals surface area (Å²) in [6.07, 6.45) is 0.948. The summed E-state index contributed by atoms with van der Waals surface area (Å²) in [5.41, 5.74) is 8.41. The zero-order chi connectivity index (χ0) is 13.1. The van der Waals surface area contributed by atoms with E-state index < -0.39 is 0 Å². The van der Waals surface area contributed by atoms with Gasteiger partial charge in [0, 0.05) is 35.8 Å². The molecule has 0 amide bonds. The molecule has 1 atom stereocenters. The number of anilines is 1. The Labute approximate surface area is 118 Å². The number of nitrogens with zero attached hydrogens (tertiary/aromatic N) is 2. The van der Waals surface area contributed by atoms with Crippen LogP contribution in [0.1, 0.15) is 12.5 Å². The van der Waals surface area contributed by atoms with E-state index in [1.807, 2.05) is 0 Å². The van der Waals surface area contributed by atoms with Gasteiger partial charge in [-0.15, -0.1) is 0 Å². The molecule has 1 saturated heterocycles. The monoisotopic (exact) mass is 311 g/mol. The van der Waals surface area contributed by atoms with Crippen molar-refractivity contribution in [2.75, 3.05) is 38.1 Å². The highest BCUT2D eigenvalue weighted by Crippen LogP contribution is 2.27. The maximum absolute atomic E-state index is 5.71. The van der Waals surface area contributed by atoms with Gasteiger partial charge in [0.1, 0.15) is 0 Å². The van der Waals surface area contributed by atoms with Crippen molar-refractivity contribution < 1.29 is 0 Å². The van der Waals surface area contributed by atoms with E-state index in [2.05, 4.69) is 57.9 Å². The molecule has 4 heteroatoms. The van der Waals surface area contributed by atoms with Gasteiger partial charge in [-0.05, 0) is 44.6 Å². The Balaban J connectivity index is 2.23. The lowest BCUT2D eigenvalue weighted by Gasteiger charge is -2.39. The van der Waals surface area contributed by atoms with Gasteiger partial charge in [0.05, 0.1) is 0 Å². The van der Waals surface area contributed by atoms with Gasteiger partial charge in [-0.1, -0.05) is 22.0 Å². The number of likely N-dealkylation sites (N-methyl/N-ethyl adjacent to an activating group) is 1. The lowest BCUT2D eigenvalue weighted by molar-refractivity contribution is 0.234. The summed E-state index contributed by atoms with van der Waals surface area (Å²) in [5.74, 6) is 0. The highest BCUT2D eigenvalue weighted by Gasteiger charge is 2.22. The molecule has 1 fully saturated rings. The van der Waals surface area contributed by atoms with Gasteiger partial charge in [-0.3, -0.25) is 0 Å². The first-order valence-corrected chi connectivity index (χ1v) is 7.35. The van der Waals surface area contributed by atoms with Crippen molar-refractivity contribution >= 4 is 21.6 Å². The van der Waals surface area contributed by atoms with Gasteiger partial charge in [-0.2, -0.15) is 0 Å². The van der Waals surface area contributed by atoms with Crippen LogP contribution >= 0.6 is 15.9 Å². The van der Waals surface area contributed by atoms with Crippen molar-refractivity contribution in [3.8, 4) is 0 Å². The maximum atomic E-state index is 5.71. The molecule has 0 spiro atoms. The van der Waals surface area contributed by atoms with Crippen LogP contribution in [0.2, 0.25) is 0 Å². The van der Waals surface area contributed by atoms with E-state index in [0.717, 1.165) is 30.5 Å². The van der Waals surface area contributed by atoms with Crippen LogP contribution in [0.25, 0.3) is 0 Å². The van der Waals surface area contributed by atoms with Crippen LogP contribution in [-0.4, -0.2) is 44.2 Å². The van der Waals surface area contributed by atoms with Crippen molar-refractivity contribution in [2.24, 2.45) is 5.73 Å². The van der Waals surface area contributed by atoms with E-state index in [-0.39, 0.29) is 0 Å². The Kier molecular flexibility index (Phi) is 4.65. The van der Waals surface area contributed by atoms with Crippen LogP contribution in [0.5, 0.6) is 0 Å². The summed E-state index contributed by atoms with van der Waals surface area (Å²) in [5, 5.41) is 0. The largest absolute Gasteiger partial charge is 0.368 e. The zero-order valence-corrected chi connectivity index (χ0v) is 12.8. The van der Waals surface area contributed by atoms with E-state index in [0.29, 0.717) is 12.6 Å². The van der Waals surface area contributed by atoms with Gasteiger partial charge < -0.3 is 15.5 Å². The van der Waals surface area contributed by atoms with Crippen LogP contribution < -0.4 is 10.6 Å². The Morgan fingerprint density at radius 1 is 1.39 bits per heavy atom. The molecule has 100 valence electrons. The van der Waals surface area contributed by atoms with Gasteiger partial charge in [0.2, 0.25) is 0 Å². The van der Waals surface area contributed by atoms with Crippen molar-refractivity contribution in [2.45, 2.75) is 19.4 Å². The van der Waals surface area contributed by atoms with Crippen LogP contribution in [-0.2, 0) is 6.42 Å². The molecule has 0 aliphatic carbocycles. The van der Waals surface area contributed by atoms with E-state index in [4.69, 9.17) is 5.73 Å². The molecular formula is C14H22BrN3. The minimum absolute atomic E-state index is 0.600. The Morgan fingerprint density at radius 2 is 2.17 bits per heavy atom. The lowest BCUT2D eigenvalue weighted by atomic mass is 10.1. The van der Waals surface area contributed by atoms with Gasteiger partial charge in [0.25, 0.3) is 0 Å². The Morgan fingerprint density at radius 3 is 2.83 bits per heavy atom. The number of hydrogen-bond acceptors (Lipinski definition) is 3. The minimum atomic E-state index is 0.600. The molecular weight excluding hydrogens is 290 g/mol. The maximum Gasteiger partial charge on any atom is 0.0411 e. The molecule has 0 saturated carbocycles. The third-order valence-corrected chi connectivity index (χ3v) is 4.25. The van der Waals surface area contributed by atoms with Gasteiger partial charge in [0.15, 0.2) is 0 Å². The molecule has 3 nitrogen and oxygen atoms in total.